The molecular formula is C10H13ClN2OS. The van der Waals surface area contributed by atoms with Gasteiger partial charge in [0.25, 0.3) is 5.91 Å². The maximum Gasteiger partial charge on any atom is 0.273 e. The molecule has 0 bridgehead atoms. The summed E-state index contributed by atoms with van der Waals surface area (Å²) in [6.45, 7) is 4.72. The Morgan fingerprint density at radius 2 is 2.47 bits per heavy atom. The van der Waals surface area contributed by atoms with E-state index in [1.807, 2.05) is 18.7 Å². The van der Waals surface area contributed by atoms with Gasteiger partial charge in [0.2, 0.25) is 0 Å². The maximum atomic E-state index is 12.1. The molecule has 1 aliphatic heterocycles. The number of halogens is 1. The van der Waals surface area contributed by atoms with Gasteiger partial charge in [-0.1, -0.05) is 0 Å². The average Bonchev–Trinajstić information content (AvgIpc) is 2.76. The molecule has 0 aromatic carbocycles. The van der Waals surface area contributed by atoms with Crippen LogP contribution < -0.4 is 0 Å². The Kier molecular flexibility index (Phi) is 2.73. The molecule has 1 aliphatic rings. The molecule has 1 atom stereocenters. The van der Waals surface area contributed by atoms with E-state index in [2.05, 4.69) is 4.98 Å². The van der Waals surface area contributed by atoms with Crippen molar-refractivity contribution in [3.05, 3.63) is 16.6 Å². The number of rotatable bonds is 1. The third kappa shape index (κ3) is 1.76. The van der Waals surface area contributed by atoms with E-state index in [0.717, 1.165) is 13.0 Å². The molecule has 0 aliphatic carbocycles. The molecule has 1 amide bonds. The molecule has 15 heavy (non-hydrogen) atoms. The third-order valence-corrected chi connectivity index (χ3v) is 4.30. The minimum Gasteiger partial charge on any atom is -0.331 e. The fourth-order valence-corrected chi connectivity index (χ4v) is 2.61. The predicted molar refractivity (Wildman–Crippen MR) is 61.5 cm³/mol. The Morgan fingerprint density at radius 3 is 2.93 bits per heavy atom. The van der Waals surface area contributed by atoms with Crippen molar-refractivity contribution >= 4 is 28.8 Å². The Labute approximate surface area is 98.1 Å². The molecule has 1 saturated heterocycles. The Balaban J connectivity index is 2.22. The van der Waals surface area contributed by atoms with Gasteiger partial charge in [-0.15, -0.1) is 22.9 Å². The summed E-state index contributed by atoms with van der Waals surface area (Å²) in [7, 11) is 0. The smallest absolute Gasteiger partial charge is 0.273 e. The fraction of sp³-hybridized carbons (Fsp3) is 0.600. The van der Waals surface area contributed by atoms with Gasteiger partial charge in [0, 0.05) is 11.9 Å². The van der Waals surface area contributed by atoms with Crippen LogP contribution in [0.3, 0.4) is 0 Å². The van der Waals surface area contributed by atoms with Gasteiger partial charge in [0.15, 0.2) is 0 Å². The molecule has 0 radical (unpaired) electrons. The van der Waals surface area contributed by atoms with Gasteiger partial charge in [-0.3, -0.25) is 4.79 Å². The standard InChI is InChI=1S/C10H13ClN2OS/c1-10(2)8(11)3-4-13(10)9(14)7-5-15-6-12-7/h5-6,8H,3-4H2,1-2H3. The summed E-state index contributed by atoms with van der Waals surface area (Å²) in [5.74, 6) is -0.00981. The van der Waals surface area contributed by atoms with Crippen LogP contribution >= 0.6 is 22.9 Å². The van der Waals surface area contributed by atoms with Crippen LogP contribution in [-0.2, 0) is 0 Å². The quantitative estimate of drug-likeness (QED) is 0.711. The Hall–Kier alpha value is -0.610. The van der Waals surface area contributed by atoms with E-state index in [9.17, 15) is 4.79 Å². The molecule has 5 heteroatoms. The summed E-state index contributed by atoms with van der Waals surface area (Å²) in [5.41, 5.74) is 1.93. The van der Waals surface area contributed by atoms with Gasteiger partial charge in [-0.2, -0.15) is 0 Å². The average molecular weight is 245 g/mol. The van der Waals surface area contributed by atoms with Gasteiger partial charge >= 0.3 is 0 Å². The molecule has 1 unspecified atom stereocenters. The first-order valence-corrected chi connectivity index (χ1v) is 6.25. The largest absolute Gasteiger partial charge is 0.331 e. The van der Waals surface area contributed by atoms with Gasteiger partial charge in [-0.25, -0.2) is 4.98 Å². The summed E-state index contributed by atoms with van der Waals surface area (Å²) in [6, 6.07) is 0. The molecule has 82 valence electrons. The zero-order chi connectivity index (χ0) is 11.1. The van der Waals surface area contributed by atoms with Crippen LogP contribution in [-0.4, -0.2) is 33.3 Å². The second-order valence-electron chi connectivity index (χ2n) is 4.24. The van der Waals surface area contributed by atoms with E-state index in [1.165, 1.54) is 11.3 Å². The summed E-state index contributed by atoms with van der Waals surface area (Å²) in [6.07, 6.45) is 0.852. The van der Waals surface area contributed by atoms with Crippen molar-refractivity contribution in [1.82, 2.24) is 9.88 Å². The SMILES string of the molecule is CC1(C)C(Cl)CCN1C(=O)c1cscn1. The first kappa shape index (κ1) is 10.9. The number of thiazole rings is 1. The first-order chi connectivity index (χ1) is 7.03. The lowest BCUT2D eigenvalue weighted by atomic mass is 10.0. The summed E-state index contributed by atoms with van der Waals surface area (Å²) in [5, 5.41) is 1.81. The lowest BCUT2D eigenvalue weighted by molar-refractivity contribution is 0.0649. The first-order valence-electron chi connectivity index (χ1n) is 4.87. The zero-order valence-electron chi connectivity index (χ0n) is 8.74. The highest BCUT2D eigenvalue weighted by molar-refractivity contribution is 7.07. The van der Waals surface area contributed by atoms with Gasteiger partial charge < -0.3 is 4.90 Å². The van der Waals surface area contributed by atoms with Crippen LogP contribution in [0, 0.1) is 0 Å². The monoisotopic (exact) mass is 244 g/mol. The van der Waals surface area contributed by atoms with Crippen molar-refractivity contribution in [1.29, 1.82) is 0 Å². The van der Waals surface area contributed by atoms with Gasteiger partial charge in [-0.05, 0) is 20.3 Å². The van der Waals surface area contributed by atoms with E-state index < -0.39 is 0 Å². The minimum atomic E-state index is -0.276. The van der Waals surface area contributed by atoms with Crippen molar-refractivity contribution in [3.63, 3.8) is 0 Å². The molecule has 1 aromatic heterocycles. The topological polar surface area (TPSA) is 33.2 Å². The summed E-state index contributed by atoms with van der Waals surface area (Å²) < 4.78 is 0. The van der Waals surface area contributed by atoms with E-state index in [1.54, 1.807) is 10.9 Å². The maximum absolute atomic E-state index is 12.1. The zero-order valence-corrected chi connectivity index (χ0v) is 10.3. The van der Waals surface area contributed by atoms with E-state index in [-0.39, 0.29) is 16.8 Å². The van der Waals surface area contributed by atoms with Crippen molar-refractivity contribution in [2.75, 3.05) is 6.54 Å². The van der Waals surface area contributed by atoms with Crippen LogP contribution in [0.25, 0.3) is 0 Å². The minimum absolute atomic E-state index is 0.00981. The second kappa shape index (κ2) is 3.76. The molecule has 2 rings (SSSR count). The highest BCUT2D eigenvalue weighted by atomic mass is 35.5. The summed E-state index contributed by atoms with van der Waals surface area (Å²) >= 11 is 7.63. The molecule has 0 saturated carbocycles. The molecular weight excluding hydrogens is 232 g/mol. The van der Waals surface area contributed by atoms with Crippen molar-refractivity contribution in [2.24, 2.45) is 0 Å². The van der Waals surface area contributed by atoms with Crippen LogP contribution in [0.15, 0.2) is 10.9 Å². The van der Waals surface area contributed by atoms with E-state index in [0.29, 0.717) is 5.69 Å². The van der Waals surface area contributed by atoms with Crippen LogP contribution in [0.1, 0.15) is 30.8 Å². The predicted octanol–water partition coefficient (Wildman–Crippen LogP) is 2.38. The number of amides is 1. The number of carbonyl (C=O) groups excluding carboxylic acids is 1. The van der Waals surface area contributed by atoms with Crippen molar-refractivity contribution < 1.29 is 4.79 Å². The Bertz CT molecular complexity index is 364. The highest BCUT2D eigenvalue weighted by Gasteiger charge is 2.43. The normalized spacial score (nSPS) is 24.5. The number of aromatic nitrogens is 1. The van der Waals surface area contributed by atoms with Gasteiger partial charge in [0.05, 0.1) is 16.4 Å². The molecule has 1 fully saturated rings. The van der Waals surface area contributed by atoms with Crippen LogP contribution in [0.2, 0.25) is 0 Å². The highest BCUT2D eigenvalue weighted by Crippen LogP contribution is 2.33. The summed E-state index contributed by atoms with van der Waals surface area (Å²) in [4.78, 5) is 17.9. The van der Waals surface area contributed by atoms with Crippen molar-refractivity contribution in [2.45, 2.75) is 31.2 Å². The molecule has 0 N–H and O–H groups in total. The van der Waals surface area contributed by atoms with Crippen LogP contribution in [0.4, 0.5) is 0 Å². The number of nitrogens with zero attached hydrogens (tertiary/aromatic N) is 2. The number of carbonyl (C=O) groups is 1. The molecule has 0 spiro atoms. The van der Waals surface area contributed by atoms with E-state index in [4.69, 9.17) is 11.6 Å². The Morgan fingerprint density at radius 1 is 1.73 bits per heavy atom. The fourth-order valence-electron chi connectivity index (χ4n) is 1.87. The number of likely N-dealkylation sites (tertiary alicyclic amines) is 1. The molecule has 1 aromatic rings. The lowest BCUT2D eigenvalue weighted by Crippen LogP contribution is -2.46. The molecule has 3 nitrogen and oxygen atoms in total. The number of alkyl halides is 1. The second-order valence-corrected chi connectivity index (χ2v) is 5.49. The number of hydrogen-bond donors (Lipinski definition) is 0. The lowest BCUT2D eigenvalue weighted by Gasteiger charge is -2.33. The molecule has 2 heterocycles. The third-order valence-electron chi connectivity index (χ3n) is 2.96. The van der Waals surface area contributed by atoms with E-state index >= 15 is 0 Å². The van der Waals surface area contributed by atoms with Crippen LogP contribution in [0.5, 0.6) is 0 Å². The number of hydrogen-bond acceptors (Lipinski definition) is 3. The van der Waals surface area contributed by atoms with Gasteiger partial charge in [0.1, 0.15) is 5.69 Å². The van der Waals surface area contributed by atoms with Crippen molar-refractivity contribution in [3.8, 4) is 0 Å².